The second kappa shape index (κ2) is 5.58. The zero-order valence-electron chi connectivity index (χ0n) is 8.39. The Morgan fingerprint density at radius 1 is 1.50 bits per heavy atom. The van der Waals surface area contributed by atoms with E-state index in [1.807, 2.05) is 13.0 Å². The van der Waals surface area contributed by atoms with Gasteiger partial charge in [-0.25, -0.2) is 0 Å². The Morgan fingerprint density at radius 3 is 2.42 bits per heavy atom. The average molecular weight is 166 g/mol. The SMILES string of the molecule is C=C(N/C(C=NC)=C/C)C(C)C. The van der Waals surface area contributed by atoms with Gasteiger partial charge in [-0.15, -0.1) is 0 Å². The standard InChI is InChI=1S/C10H18N2/c1-6-10(7-11-5)12-9(4)8(2)3/h6-8,12H,4H2,1-3,5H3/b10-6+,11-7?. The first-order valence-corrected chi connectivity index (χ1v) is 4.16. The van der Waals surface area contributed by atoms with Crippen LogP contribution in [0.4, 0.5) is 0 Å². The smallest absolute Gasteiger partial charge is 0.0519 e. The van der Waals surface area contributed by atoms with Crippen molar-refractivity contribution in [1.82, 2.24) is 5.32 Å². The predicted molar refractivity (Wildman–Crippen MR) is 55.3 cm³/mol. The van der Waals surface area contributed by atoms with E-state index in [1.54, 1.807) is 13.3 Å². The highest BCUT2D eigenvalue weighted by Crippen LogP contribution is 2.04. The van der Waals surface area contributed by atoms with E-state index in [9.17, 15) is 0 Å². The summed E-state index contributed by atoms with van der Waals surface area (Å²) in [6.45, 7) is 10.1. The summed E-state index contributed by atoms with van der Waals surface area (Å²) in [5, 5.41) is 3.18. The fraction of sp³-hybridized carbons (Fsp3) is 0.500. The van der Waals surface area contributed by atoms with E-state index >= 15 is 0 Å². The summed E-state index contributed by atoms with van der Waals surface area (Å²) >= 11 is 0. The molecule has 0 aromatic heterocycles. The number of rotatable bonds is 4. The van der Waals surface area contributed by atoms with Crippen LogP contribution < -0.4 is 5.32 Å². The maximum atomic E-state index is 3.92. The van der Waals surface area contributed by atoms with E-state index in [4.69, 9.17) is 0 Å². The third-order valence-corrected chi connectivity index (χ3v) is 1.58. The molecule has 0 unspecified atom stereocenters. The Morgan fingerprint density at radius 2 is 2.08 bits per heavy atom. The highest BCUT2D eigenvalue weighted by atomic mass is 14.9. The highest BCUT2D eigenvalue weighted by molar-refractivity contribution is 5.77. The molecule has 1 N–H and O–H groups in total. The summed E-state index contributed by atoms with van der Waals surface area (Å²) in [6.07, 6.45) is 3.76. The number of aliphatic imine (C=N–C) groups is 1. The number of hydrogen-bond acceptors (Lipinski definition) is 2. The van der Waals surface area contributed by atoms with Crippen LogP contribution in [0.1, 0.15) is 20.8 Å². The molecular weight excluding hydrogens is 148 g/mol. The van der Waals surface area contributed by atoms with E-state index in [1.165, 1.54) is 0 Å². The van der Waals surface area contributed by atoms with E-state index < -0.39 is 0 Å². The molecule has 0 aliphatic rings. The van der Waals surface area contributed by atoms with Gasteiger partial charge < -0.3 is 5.32 Å². The first kappa shape index (κ1) is 11.0. The van der Waals surface area contributed by atoms with Gasteiger partial charge in [-0.3, -0.25) is 4.99 Å². The Hall–Kier alpha value is -1.05. The van der Waals surface area contributed by atoms with Gasteiger partial charge in [0.25, 0.3) is 0 Å². The summed E-state index contributed by atoms with van der Waals surface area (Å²) < 4.78 is 0. The number of nitrogens with zero attached hydrogens (tertiary/aromatic N) is 1. The predicted octanol–water partition coefficient (Wildman–Crippen LogP) is 2.35. The van der Waals surface area contributed by atoms with Gasteiger partial charge in [0.15, 0.2) is 0 Å². The lowest BCUT2D eigenvalue weighted by Gasteiger charge is -2.12. The summed E-state index contributed by atoms with van der Waals surface area (Å²) in [4.78, 5) is 3.92. The Labute approximate surface area is 75.1 Å². The number of nitrogens with one attached hydrogen (secondary N) is 1. The van der Waals surface area contributed by atoms with Crippen LogP contribution in [0.15, 0.2) is 29.0 Å². The molecule has 68 valence electrons. The molecule has 0 bridgehead atoms. The minimum absolute atomic E-state index is 0.449. The highest BCUT2D eigenvalue weighted by Gasteiger charge is 1.99. The van der Waals surface area contributed by atoms with Crippen LogP contribution in [0.2, 0.25) is 0 Å². The van der Waals surface area contributed by atoms with Crippen LogP contribution in [0.5, 0.6) is 0 Å². The molecule has 0 aliphatic heterocycles. The van der Waals surface area contributed by atoms with Crippen molar-refractivity contribution >= 4 is 6.21 Å². The molecule has 0 amide bonds. The fourth-order valence-corrected chi connectivity index (χ4v) is 0.648. The normalized spacial score (nSPS) is 12.6. The van der Waals surface area contributed by atoms with Crippen LogP contribution in [-0.2, 0) is 0 Å². The lowest BCUT2D eigenvalue weighted by molar-refractivity contribution is 0.712. The van der Waals surface area contributed by atoms with Crippen molar-refractivity contribution in [2.75, 3.05) is 7.05 Å². The van der Waals surface area contributed by atoms with Crippen LogP contribution in [0.25, 0.3) is 0 Å². The molecule has 2 heteroatoms. The summed E-state index contributed by atoms with van der Waals surface area (Å²) in [5.41, 5.74) is 2.01. The maximum absolute atomic E-state index is 3.92. The first-order chi connectivity index (χ1) is 5.61. The third kappa shape index (κ3) is 3.96. The summed E-state index contributed by atoms with van der Waals surface area (Å²) in [6, 6.07) is 0. The van der Waals surface area contributed by atoms with Gasteiger partial charge in [0, 0.05) is 19.0 Å². The molecule has 0 aromatic rings. The van der Waals surface area contributed by atoms with Gasteiger partial charge in [-0.2, -0.15) is 0 Å². The minimum Gasteiger partial charge on any atom is -0.358 e. The van der Waals surface area contributed by atoms with Gasteiger partial charge in [0.2, 0.25) is 0 Å². The molecular formula is C10H18N2. The molecule has 0 aromatic carbocycles. The summed E-state index contributed by atoms with van der Waals surface area (Å²) in [5.74, 6) is 0.449. The van der Waals surface area contributed by atoms with Crippen LogP contribution in [0, 0.1) is 5.92 Å². The van der Waals surface area contributed by atoms with Gasteiger partial charge in [-0.1, -0.05) is 26.5 Å². The molecule has 0 aliphatic carbocycles. The first-order valence-electron chi connectivity index (χ1n) is 4.16. The zero-order valence-corrected chi connectivity index (χ0v) is 8.39. The van der Waals surface area contributed by atoms with Gasteiger partial charge in [0.05, 0.1) is 5.70 Å². The Balaban J connectivity index is 4.14. The third-order valence-electron chi connectivity index (χ3n) is 1.58. The second-order valence-corrected chi connectivity index (χ2v) is 2.94. The molecule has 0 atom stereocenters. The van der Waals surface area contributed by atoms with E-state index in [2.05, 4.69) is 30.7 Å². The van der Waals surface area contributed by atoms with Crippen molar-refractivity contribution in [3.05, 3.63) is 24.0 Å². The largest absolute Gasteiger partial charge is 0.358 e. The molecule has 0 fully saturated rings. The quantitative estimate of drug-likeness (QED) is 0.637. The van der Waals surface area contributed by atoms with Gasteiger partial charge in [0.1, 0.15) is 0 Å². The molecule has 2 nitrogen and oxygen atoms in total. The van der Waals surface area contributed by atoms with Crippen molar-refractivity contribution in [2.24, 2.45) is 10.9 Å². The van der Waals surface area contributed by atoms with Crippen molar-refractivity contribution < 1.29 is 0 Å². The molecule has 0 radical (unpaired) electrons. The van der Waals surface area contributed by atoms with E-state index in [-0.39, 0.29) is 0 Å². The van der Waals surface area contributed by atoms with Crippen molar-refractivity contribution in [3.8, 4) is 0 Å². The molecule has 12 heavy (non-hydrogen) atoms. The van der Waals surface area contributed by atoms with Crippen LogP contribution >= 0.6 is 0 Å². The molecule has 0 rings (SSSR count). The van der Waals surface area contributed by atoms with Crippen LogP contribution in [-0.4, -0.2) is 13.3 Å². The lowest BCUT2D eigenvalue weighted by atomic mass is 10.1. The monoisotopic (exact) mass is 166 g/mol. The minimum atomic E-state index is 0.449. The Bertz CT molecular complexity index is 200. The van der Waals surface area contributed by atoms with Crippen LogP contribution in [0.3, 0.4) is 0 Å². The Kier molecular flexibility index (Phi) is 5.09. The molecule has 0 saturated carbocycles. The van der Waals surface area contributed by atoms with E-state index in [0.717, 1.165) is 11.4 Å². The van der Waals surface area contributed by atoms with E-state index in [0.29, 0.717) is 5.92 Å². The maximum Gasteiger partial charge on any atom is 0.0519 e. The number of allylic oxidation sites excluding steroid dienone is 3. The van der Waals surface area contributed by atoms with Crippen molar-refractivity contribution in [2.45, 2.75) is 20.8 Å². The molecule has 0 spiro atoms. The van der Waals surface area contributed by atoms with Crippen molar-refractivity contribution in [1.29, 1.82) is 0 Å². The molecule has 0 heterocycles. The zero-order chi connectivity index (χ0) is 9.56. The van der Waals surface area contributed by atoms with Crippen molar-refractivity contribution in [3.63, 3.8) is 0 Å². The fourth-order valence-electron chi connectivity index (χ4n) is 0.648. The molecule has 0 saturated heterocycles. The second-order valence-electron chi connectivity index (χ2n) is 2.94. The summed E-state index contributed by atoms with van der Waals surface area (Å²) in [7, 11) is 1.75. The van der Waals surface area contributed by atoms with Gasteiger partial charge in [-0.05, 0) is 12.8 Å². The number of hydrogen-bond donors (Lipinski definition) is 1. The lowest BCUT2D eigenvalue weighted by Crippen LogP contribution is -2.16. The topological polar surface area (TPSA) is 24.4 Å². The van der Waals surface area contributed by atoms with Gasteiger partial charge >= 0.3 is 0 Å². The average Bonchev–Trinajstić information content (AvgIpc) is 2.03.